The number of amides is 1. The van der Waals surface area contributed by atoms with Gasteiger partial charge in [-0.15, -0.1) is 0 Å². The van der Waals surface area contributed by atoms with Crippen molar-refractivity contribution in [3.63, 3.8) is 0 Å². The maximum absolute atomic E-state index is 12.6. The summed E-state index contributed by atoms with van der Waals surface area (Å²) in [6.45, 7) is 5.86. The van der Waals surface area contributed by atoms with Crippen molar-refractivity contribution >= 4 is 11.6 Å². The monoisotopic (exact) mass is 415 g/mol. The molecule has 1 saturated heterocycles. The SMILES string of the molecule is CC(NC(=O)CN1CCN(c2ccc(O)cc2)CC1)c1ccc(-c2ccccc2)cc1. The summed E-state index contributed by atoms with van der Waals surface area (Å²) in [7, 11) is 0. The predicted molar refractivity (Wildman–Crippen MR) is 125 cm³/mol. The average molecular weight is 416 g/mol. The van der Waals surface area contributed by atoms with E-state index in [4.69, 9.17) is 0 Å². The number of piperazine rings is 1. The van der Waals surface area contributed by atoms with Gasteiger partial charge in [-0.25, -0.2) is 0 Å². The molecule has 5 heteroatoms. The fraction of sp³-hybridized carbons (Fsp3) is 0.269. The number of aromatic hydroxyl groups is 1. The number of benzene rings is 3. The summed E-state index contributed by atoms with van der Waals surface area (Å²) in [5, 5.41) is 12.6. The standard InChI is InChI=1S/C26H29N3O2/c1-20(21-7-9-23(10-8-21)22-5-3-2-4-6-22)27-26(31)19-28-15-17-29(18-16-28)24-11-13-25(30)14-12-24/h2-14,20,30H,15-19H2,1H3,(H,27,31). The Bertz CT molecular complexity index is 979. The molecule has 0 aliphatic carbocycles. The number of phenols is 1. The molecule has 5 nitrogen and oxygen atoms in total. The van der Waals surface area contributed by atoms with Crippen molar-refractivity contribution in [3.05, 3.63) is 84.4 Å². The van der Waals surface area contributed by atoms with Gasteiger partial charge in [0.1, 0.15) is 5.75 Å². The molecular weight excluding hydrogens is 386 g/mol. The van der Waals surface area contributed by atoms with Crippen LogP contribution in [-0.2, 0) is 4.79 Å². The lowest BCUT2D eigenvalue weighted by Crippen LogP contribution is -2.49. The molecule has 1 aliphatic heterocycles. The van der Waals surface area contributed by atoms with Crippen molar-refractivity contribution in [2.75, 3.05) is 37.6 Å². The highest BCUT2D eigenvalue weighted by atomic mass is 16.3. The fourth-order valence-electron chi connectivity index (χ4n) is 4.00. The number of carbonyl (C=O) groups excluding carboxylic acids is 1. The second kappa shape index (κ2) is 9.67. The Balaban J connectivity index is 1.25. The van der Waals surface area contributed by atoms with Gasteiger partial charge in [-0.3, -0.25) is 9.69 Å². The van der Waals surface area contributed by atoms with Crippen LogP contribution in [0.2, 0.25) is 0 Å². The highest BCUT2D eigenvalue weighted by Crippen LogP contribution is 2.22. The van der Waals surface area contributed by atoms with E-state index in [0.717, 1.165) is 37.4 Å². The molecule has 1 fully saturated rings. The quantitative estimate of drug-likeness (QED) is 0.638. The molecule has 3 aromatic carbocycles. The molecule has 1 unspecified atom stereocenters. The lowest BCUT2D eigenvalue weighted by atomic mass is 10.0. The summed E-state index contributed by atoms with van der Waals surface area (Å²) in [6, 6.07) is 25.9. The first kappa shape index (κ1) is 20.9. The van der Waals surface area contributed by atoms with E-state index in [-0.39, 0.29) is 17.7 Å². The van der Waals surface area contributed by atoms with Crippen molar-refractivity contribution in [2.24, 2.45) is 0 Å². The van der Waals surface area contributed by atoms with Gasteiger partial charge in [0.05, 0.1) is 12.6 Å². The van der Waals surface area contributed by atoms with Crippen LogP contribution in [0, 0.1) is 0 Å². The number of carbonyl (C=O) groups is 1. The summed E-state index contributed by atoms with van der Waals surface area (Å²) in [5.41, 5.74) is 4.58. The van der Waals surface area contributed by atoms with Crippen LogP contribution in [0.3, 0.4) is 0 Å². The van der Waals surface area contributed by atoms with E-state index in [1.165, 1.54) is 11.1 Å². The first-order valence-corrected chi connectivity index (χ1v) is 10.8. The minimum Gasteiger partial charge on any atom is -0.508 e. The van der Waals surface area contributed by atoms with Crippen molar-refractivity contribution in [1.82, 2.24) is 10.2 Å². The number of anilines is 1. The fourth-order valence-corrected chi connectivity index (χ4v) is 4.00. The van der Waals surface area contributed by atoms with Gasteiger partial charge in [-0.2, -0.15) is 0 Å². The molecule has 1 atom stereocenters. The molecule has 0 aromatic heterocycles. The highest BCUT2D eigenvalue weighted by molar-refractivity contribution is 5.78. The minimum absolute atomic E-state index is 0.0318. The molecule has 1 aliphatic rings. The van der Waals surface area contributed by atoms with Crippen LogP contribution in [-0.4, -0.2) is 48.6 Å². The van der Waals surface area contributed by atoms with Gasteiger partial charge in [-0.05, 0) is 47.9 Å². The van der Waals surface area contributed by atoms with E-state index in [0.29, 0.717) is 6.54 Å². The number of nitrogens with zero attached hydrogens (tertiary/aromatic N) is 2. The maximum Gasteiger partial charge on any atom is 0.234 e. The predicted octanol–water partition coefficient (Wildman–Crippen LogP) is 4.06. The van der Waals surface area contributed by atoms with Crippen LogP contribution in [0.4, 0.5) is 5.69 Å². The van der Waals surface area contributed by atoms with Crippen LogP contribution >= 0.6 is 0 Å². The highest BCUT2D eigenvalue weighted by Gasteiger charge is 2.20. The zero-order valence-electron chi connectivity index (χ0n) is 17.9. The topological polar surface area (TPSA) is 55.8 Å². The lowest BCUT2D eigenvalue weighted by Gasteiger charge is -2.35. The van der Waals surface area contributed by atoms with Crippen molar-refractivity contribution in [1.29, 1.82) is 0 Å². The van der Waals surface area contributed by atoms with Crippen molar-refractivity contribution in [2.45, 2.75) is 13.0 Å². The number of hydrogen-bond acceptors (Lipinski definition) is 4. The molecule has 2 N–H and O–H groups in total. The van der Waals surface area contributed by atoms with Crippen LogP contribution in [0.1, 0.15) is 18.5 Å². The van der Waals surface area contributed by atoms with Crippen LogP contribution in [0.15, 0.2) is 78.9 Å². The Morgan fingerprint density at radius 3 is 2.13 bits per heavy atom. The zero-order chi connectivity index (χ0) is 21.6. The summed E-state index contributed by atoms with van der Waals surface area (Å²) < 4.78 is 0. The smallest absolute Gasteiger partial charge is 0.234 e. The third-order valence-corrected chi connectivity index (χ3v) is 5.85. The molecule has 1 heterocycles. The number of rotatable bonds is 6. The van der Waals surface area contributed by atoms with Gasteiger partial charge in [0, 0.05) is 31.9 Å². The molecule has 0 saturated carbocycles. The summed E-state index contributed by atoms with van der Waals surface area (Å²) in [5.74, 6) is 0.334. The van der Waals surface area contributed by atoms with Gasteiger partial charge >= 0.3 is 0 Å². The van der Waals surface area contributed by atoms with E-state index in [1.807, 2.05) is 37.3 Å². The van der Waals surface area contributed by atoms with E-state index < -0.39 is 0 Å². The number of nitrogens with one attached hydrogen (secondary N) is 1. The third kappa shape index (κ3) is 5.44. The lowest BCUT2D eigenvalue weighted by molar-refractivity contribution is -0.123. The van der Waals surface area contributed by atoms with Gasteiger partial charge in [-0.1, -0.05) is 54.6 Å². The largest absolute Gasteiger partial charge is 0.508 e. The minimum atomic E-state index is -0.0318. The molecule has 31 heavy (non-hydrogen) atoms. The van der Waals surface area contributed by atoms with Gasteiger partial charge in [0.25, 0.3) is 0 Å². The van der Waals surface area contributed by atoms with Gasteiger partial charge in [0.2, 0.25) is 5.91 Å². The Morgan fingerprint density at radius 1 is 0.871 bits per heavy atom. The number of phenolic OH excluding ortho intramolecular Hbond substituents is 1. The zero-order valence-corrected chi connectivity index (χ0v) is 17.9. The molecule has 0 spiro atoms. The summed E-state index contributed by atoms with van der Waals surface area (Å²) in [4.78, 5) is 17.1. The third-order valence-electron chi connectivity index (χ3n) is 5.85. The van der Waals surface area contributed by atoms with E-state index >= 15 is 0 Å². The van der Waals surface area contributed by atoms with Crippen molar-refractivity contribution < 1.29 is 9.90 Å². The average Bonchev–Trinajstić information content (AvgIpc) is 2.81. The van der Waals surface area contributed by atoms with E-state index in [9.17, 15) is 9.90 Å². The normalized spacial score (nSPS) is 15.5. The van der Waals surface area contributed by atoms with E-state index in [1.54, 1.807) is 12.1 Å². The van der Waals surface area contributed by atoms with Gasteiger partial charge in [0.15, 0.2) is 0 Å². The van der Waals surface area contributed by atoms with Crippen molar-refractivity contribution in [3.8, 4) is 16.9 Å². The summed E-state index contributed by atoms with van der Waals surface area (Å²) in [6.07, 6.45) is 0. The van der Waals surface area contributed by atoms with Crippen LogP contribution in [0.5, 0.6) is 5.75 Å². The Labute approximate surface area is 183 Å². The summed E-state index contributed by atoms with van der Waals surface area (Å²) >= 11 is 0. The van der Waals surface area contributed by atoms with Crippen LogP contribution in [0.25, 0.3) is 11.1 Å². The Morgan fingerprint density at radius 2 is 1.48 bits per heavy atom. The molecule has 1 amide bonds. The molecular formula is C26H29N3O2. The second-order valence-electron chi connectivity index (χ2n) is 8.06. The molecule has 0 bridgehead atoms. The first-order chi connectivity index (χ1) is 15.1. The van der Waals surface area contributed by atoms with Gasteiger partial charge < -0.3 is 15.3 Å². The molecule has 160 valence electrons. The maximum atomic E-state index is 12.6. The molecule has 3 aromatic rings. The van der Waals surface area contributed by atoms with Crippen LogP contribution < -0.4 is 10.2 Å². The Hall–Kier alpha value is -3.31. The first-order valence-electron chi connectivity index (χ1n) is 10.8. The van der Waals surface area contributed by atoms with E-state index in [2.05, 4.69) is 51.5 Å². The molecule has 4 rings (SSSR count). The Kier molecular flexibility index (Phi) is 6.53. The molecule has 0 radical (unpaired) electrons. The second-order valence-corrected chi connectivity index (χ2v) is 8.06. The number of hydrogen-bond donors (Lipinski definition) is 2.